The molecule has 7 heteroatoms. The van der Waals surface area contributed by atoms with Gasteiger partial charge in [-0.3, -0.25) is 14.9 Å². The molecule has 0 saturated heterocycles. The van der Waals surface area contributed by atoms with Crippen LogP contribution in [0.5, 0.6) is 0 Å². The van der Waals surface area contributed by atoms with Gasteiger partial charge >= 0.3 is 5.00 Å². The fourth-order valence-corrected chi connectivity index (χ4v) is 3.34. The van der Waals surface area contributed by atoms with Gasteiger partial charge < -0.3 is 0 Å². The molecule has 1 N–H and O–H groups in total. The minimum absolute atomic E-state index is 0.0259. The van der Waals surface area contributed by atoms with Crippen LogP contribution in [0.1, 0.15) is 30.6 Å². The number of hydrogen-bond donors (Lipinski definition) is 1. The molecule has 0 bridgehead atoms. The largest absolute Gasteiger partial charge is 0.324 e. The Kier molecular flexibility index (Phi) is 2.85. The van der Waals surface area contributed by atoms with E-state index in [0.29, 0.717) is 10.3 Å². The molecule has 1 spiro atoms. The third-order valence-corrected chi connectivity index (χ3v) is 4.99. The Morgan fingerprint density at radius 1 is 1.58 bits per heavy atom. The summed E-state index contributed by atoms with van der Waals surface area (Å²) in [7, 11) is 0. The fraction of sp³-hybridized carbons (Fsp3) is 0.500. The van der Waals surface area contributed by atoms with E-state index >= 15 is 0 Å². The number of nitrogens with zero attached hydrogens (tertiary/aromatic N) is 2. The van der Waals surface area contributed by atoms with Gasteiger partial charge in [0.05, 0.1) is 16.0 Å². The standard InChI is InChI=1S/C12H13N3O3S/c16-11(9-6-12(9)4-1-5-12)14-13-7-8-2-3-10(19-8)15(17)18/h2-3,7,9H,1,4-6H2,(H,14,16). The number of rotatable bonds is 4. The van der Waals surface area contributed by atoms with E-state index in [-0.39, 0.29) is 16.8 Å². The topological polar surface area (TPSA) is 84.6 Å². The average molecular weight is 279 g/mol. The second-order valence-corrected chi connectivity index (χ2v) is 6.23. The van der Waals surface area contributed by atoms with Crippen molar-refractivity contribution in [1.82, 2.24) is 5.43 Å². The Labute approximate surface area is 113 Å². The van der Waals surface area contributed by atoms with E-state index in [1.807, 2.05) is 0 Å². The van der Waals surface area contributed by atoms with Crippen molar-refractivity contribution in [3.63, 3.8) is 0 Å². The minimum atomic E-state index is -0.439. The molecule has 2 aliphatic rings. The molecule has 3 rings (SSSR count). The third-order valence-electron chi connectivity index (χ3n) is 4.01. The van der Waals surface area contributed by atoms with E-state index in [1.54, 1.807) is 6.07 Å². The van der Waals surface area contributed by atoms with Crippen LogP contribution >= 0.6 is 11.3 Å². The number of carbonyl (C=O) groups is 1. The summed E-state index contributed by atoms with van der Waals surface area (Å²) < 4.78 is 0. The van der Waals surface area contributed by atoms with Crippen LogP contribution in [-0.2, 0) is 4.79 Å². The van der Waals surface area contributed by atoms with Gasteiger partial charge in [0, 0.05) is 12.0 Å². The fourth-order valence-electron chi connectivity index (χ4n) is 2.65. The highest BCUT2D eigenvalue weighted by atomic mass is 32.1. The third kappa shape index (κ3) is 2.25. The van der Waals surface area contributed by atoms with E-state index in [0.717, 1.165) is 30.6 Å². The molecule has 1 amide bonds. The molecule has 1 aromatic rings. The lowest BCUT2D eigenvalue weighted by molar-refractivity contribution is -0.380. The first-order valence-electron chi connectivity index (χ1n) is 6.18. The minimum Gasteiger partial charge on any atom is -0.273 e. The van der Waals surface area contributed by atoms with E-state index in [9.17, 15) is 14.9 Å². The maximum Gasteiger partial charge on any atom is 0.324 e. The number of carbonyl (C=O) groups excluding carboxylic acids is 1. The number of amides is 1. The summed E-state index contributed by atoms with van der Waals surface area (Å²) in [5, 5.41) is 14.4. The van der Waals surface area contributed by atoms with Gasteiger partial charge in [0.15, 0.2) is 0 Å². The zero-order valence-electron chi connectivity index (χ0n) is 10.2. The van der Waals surface area contributed by atoms with Gasteiger partial charge in [-0.25, -0.2) is 5.43 Å². The lowest BCUT2D eigenvalue weighted by Gasteiger charge is -2.25. The van der Waals surface area contributed by atoms with Gasteiger partial charge in [0.25, 0.3) is 0 Å². The molecule has 0 aromatic carbocycles. The first-order chi connectivity index (χ1) is 9.11. The molecule has 1 atom stereocenters. The summed E-state index contributed by atoms with van der Waals surface area (Å²) in [4.78, 5) is 22.5. The highest BCUT2D eigenvalue weighted by molar-refractivity contribution is 7.16. The van der Waals surface area contributed by atoms with Crippen LogP contribution in [0.2, 0.25) is 0 Å². The van der Waals surface area contributed by atoms with E-state index in [4.69, 9.17) is 0 Å². The monoisotopic (exact) mass is 279 g/mol. The van der Waals surface area contributed by atoms with Gasteiger partial charge in [-0.15, -0.1) is 0 Å². The van der Waals surface area contributed by atoms with Crippen LogP contribution in [0.15, 0.2) is 17.2 Å². The summed E-state index contributed by atoms with van der Waals surface area (Å²) >= 11 is 1.03. The maximum absolute atomic E-state index is 11.8. The summed E-state index contributed by atoms with van der Waals surface area (Å²) in [5.74, 6) is 0.0954. The Morgan fingerprint density at radius 2 is 2.37 bits per heavy atom. The molecule has 100 valence electrons. The molecule has 0 aliphatic heterocycles. The Bertz CT molecular complexity index is 562. The number of nitrogens with one attached hydrogen (secondary N) is 1. The lowest BCUT2D eigenvalue weighted by Crippen LogP contribution is -2.26. The Hall–Kier alpha value is -1.76. The quantitative estimate of drug-likeness (QED) is 0.521. The van der Waals surface area contributed by atoms with Crippen LogP contribution in [-0.4, -0.2) is 17.0 Å². The Morgan fingerprint density at radius 3 is 2.89 bits per heavy atom. The summed E-state index contributed by atoms with van der Waals surface area (Å²) in [6, 6.07) is 3.04. The second-order valence-electron chi connectivity index (χ2n) is 5.14. The number of nitro groups is 1. The average Bonchev–Trinajstić information content (AvgIpc) is 2.94. The molecule has 1 aromatic heterocycles. The Balaban J connectivity index is 1.52. The smallest absolute Gasteiger partial charge is 0.273 e. The molecule has 19 heavy (non-hydrogen) atoms. The van der Waals surface area contributed by atoms with Crippen LogP contribution in [0.4, 0.5) is 5.00 Å². The summed E-state index contributed by atoms with van der Waals surface area (Å²) in [6.07, 6.45) is 5.98. The number of hydrazone groups is 1. The highest BCUT2D eigenvalue weighted by Crippen LogP contribution is 2.65. The first kappa shape index (κ1) is 12.3. The second kappa shape index (κ2) is 4.41. The van der Waals surface area contributed by atoms with Crippen molar-refractivity contribution in [2.75, 3.05) is 0 Å². The van der Waals surface area contributed by atoms with Crippen molar-refractivity contribution in [2.45, 2.75) is 25.7 Å². The molecule has 2 fully saturated rings. The van der Waals surface area contributed by atoms with Crippen molar-refractivity contribution in [2.24, 2.45) is 16.4 Å². The van der Waals surface area contributed by atoms with Gasteiger partial charge in [0.2, 0.25) is 5.91 Å². The number of thiophene rings is 1. The summed E-state index contributed by atoms with van der Waals surface area (Å²) in [5.41, 5.74) is 2.82. The van der Waals surface area contributed by atoms with Gasteiger partial charge in [0.1, 0.15) is 0 Å². The van der Waals surface area contributed by atoms with Crippen LogP contribution < -0.4 is 5.43 Å². The summed E-state index contributed by atoms with van der Waals surface area (Å²) in [6.45, 7) is 0. The molecular weight excluding hydrogens is 266 g/mol. The SMILES string of the molecule is O=C(NN=Cc1ccc([N+](=O)[O-])s1)C1CC12CCC2. The molecule has 1 heterocycles. The molecular formula is C12H13N3O3S. The number of hydrogen-bond acceptors (Lipinski definition) is 5. The van der Waals surface area contributed by atoms with Crippen molar-refractivity contribution < 1.29 is 9.72 Å². The zero-order valence-corrected chi connectivity index (χ0v) is 11.0. The highest BCUT2D eigenvalue weighted by Gasteiger charge is 2.60. The zero-order chi connectivity index (χ0) is 13.5. The predicted molar refractivity (Wildman–Crippen MR) is 71.1 cm³/mol. The van der Waals surface area contributed by atoms with Crippen LogP contribution in [0, 0.1) is 21.4 Å². The van der Waals surface area contributed by atoms with Crippen molar-refractivity contribution >= 4 is 28.5 Å². The molecule has 0 radical (unpaired) electrons. The van der Waals surface area contributed by atoms with E-state index < -0.39 is 4.92 Å². The predicted octanol–water partition coefficient (Wildman–Crippen LogP) is 2.30. The van der Waals surface area contributed by atoms with Crippen LogP contribution in [0.3, 0.4) is 0 Å². The maximum atomic E-state index is 11.8. The van der Waals surface area contributed by atoms with Gasteiger partial charge in [-0.2, -0.15) is 5.10 Å². The van der Waals surface area contributed by atoms with Gasteiger partial charge in [-0.05, 0) is 30.7 Å². The molecule has 2 aliphatic carbocycles. The molecule has 6 nitrogen and oxygen atoms in total. The van der Waals surface area contributed by atoms with E-state index in [1.165, 1.54) is 18.7 Å². The lowest BCUT2D eigenvalue weighted by atomic mass is 9.80. The normalized spacial score (nSPS) is 23.3. The van der Waals surface area contributed by atoms with Crippen LogP contribution in [0.25, 0.3) is 0 Å². The van der Waals surface area contributed by atoms with Crippen molar-refractivity contribution in [1.29, 1.82) is 0 Å². The van der Waals surface area contributed by atoms with Gasteiger partial charge in [-0.1, -0.05) is 17.8 Å². The molecule has 2 saturated carbocycles. The molecule has 1 unspecified atom stereocenters. The van der Waals surface area contributed by atoms with Crippen molar-refractivity contribution in [3.05, 3.63) is 27.1 Å². The van der Waals surface area contributed by atoms with E-state index in [2.05, 4.69) is 10.5 Å². The first-order valence-corrected chi connectivity index (χ1v) is 7.00. The van der Waals surface area contributed by atoms with Crippen molar-refractivity contribution in [3.8, 4) is 0 Å².